The molecular weight excluding hydrogens is 409 g/mol. The van der Waals surface area contributed by atoms with Crippen molar-refractivity contribution < 1.29 is 22.4 Å². The average Bonchev–Trinajstić information content (AvgIpc) is 2.64. The lowest BCUT2D eigenvalue weighted by molar-refractivity contribution is -0.133. The van der Waals surface area contributed by atoms with E-state index in [-0.39, 0.29) is 18.3 Å². The molecule has 1 unspecified atom stereocenters. The summed E-state index contributed by atoms with van der Waals surface area (Å²) in [5.74, 6) is -1.73. The molecule has 166 valence electrons. The number of nitrogens with zero attached hydrogens (tertiary/aromatic N) is 2. The van der Waals surface area contributed by atoms with Crippen LogP contribution in [0, 0.1) is 5.82 Å². The Balaban J connectivity index is 1.95. The van der Waals surface area contributed by atoms with Gasteiger partial charge < -0.3 is 5.32 Å². The summed E-state index contributed by atoms with van der Waals surface area (Å²) in [7, 11) is -3.71. The largest absolute Gasteiger partial charge is 0.351 e. The van der Waals surface area contributed by atoms with E-state index in [1.54, 1.807) is 6.07 Å². The molecule has 1 aliphatic carbocycles. The van der Waals surface area contributed by atoms with Crippen molar-refractivity contribution in [2.75, 3.05) is 24.2 Å². The minimum atomic E-state index is -3.71. The number of piperazine rings is 1. The van der Waals surface area contributed by atoms with E-state index in [0.29, 0.717) is 0 Å². The van der Waals surface area contributed by atoms with E-state index in [1.165, 1.54) is 31.5 Å². The van der Waals surface area contributed by atoms with Gasteiger partial charge in [0.1, 0.15) is 11.4 Å². The maximum absolute atomic E-state index is 14.6. The molecule has 0 radical (unpaired) electrons. The Morgan fingerprint density at radius 2 is 1.73 bits per heavy atom. The number of nitrogens with one attached hydrogen (secondary N) is 1. The second-order valence-electron chi connectivity index (χ2n) is 8.50. The fourth-order valence-corrected chi connectivity index (χ4v) is 5.18. The Bertz CT molecular complexity index is 899. The Hall–Kier alpha value is -2.00. The molecule has 0 bridgehead atoms. The summed E-state index contributed by atoms with van der Waals surface area (Å²) in [5, 5.41) is 3.03. The van der Waals surface area contributed by atoms with Crippen molar-refractivity contribution in [3.63, 3.8) is 0 Å². The minimum Gasteiger partial charge on any atom is -0.351 e. The standard InChI is InChI=1S/C21H30FN3O4S/c1-21(20(27)23-16-10-6-4-3-5-7-11-16)15-24(30(2,28)29)14-19(26)25(21)18-13-9-8-12-17(18)22/h8-9,12-13,16H,3-7,10-11,14-15H2,1-2H3,(H,23,27). The number of rotatable bonds is 4. The SMILES string of the molecule is CC1(C(=O)NC2CCCCCCC2)CN(S(C)(=O)=O)CC(=O)N1c1ccccc1F. The van der Waals surface area contributed by atoms with Gasteiger partial charge in [0.2, 0.25) is 21.8 Å². The second kappa shape index (κ2) is 9.01. The number of para-hydroxylation sites is 1. The number of hydrogen-bond acceptors (Lipinski definition) is 4. The van der Waals surface area contributed by atoms with Crippen LogP contribution in [-0.2, 0) is 19.6 Å². The zero-order valence-corrected chi connectivity index (χ0v) is 18.4. The molecule has 0 aromatic heterocycles. The van der Waals surface area contributed by atoms with Crippen molar-refractivity contribution in [1.29, 1.82) is 0 Å². The summed E-state index contributed by atoms with van der Waals surface area (Å²) in [4.78, 5) is 27.6. The predicted octanol–water partition coefficient (Wildman–Crippen LogP) is 2.42. The van der Waals surface area contributed by atoms with Crippen molar-refractivity contribution in [3.8, 4) is 0 Å². The summed E-state index contributed by atoms with van der Waals surface area (Å²) < 4.78 is 39.9. The number of halogens is 1. The highest BCUT2D eigenvalue weighted by Gasteiger charge is 2.51. The van der Waals surface area contributed by atoms with Gasteiger partial charge in [-0.05, 0) is 31.9 Å². The third-order valence-electron chi connectivity index (χ3n) is 6.03. The summed E-state index contributed by atoms with van der Waals surface area (Å²) in [6.07, 6.45) is 8.12. The molecule has 1 saturated heterocycles. The smallest absolute Gasteiger partial charge is 0.247 e. The van der Waals surface area contributed by atoms with Crippen molar-refractivity contribution in [2.24, 2.45) is 0 Å². The molecule has 1 atom stereocenters. The molecule has 1 saturated carbocycles. The Morgan fingerprint density at radius 1 is 1.13 bits per heavy atom. The van der Waals surface area contributed by atoms with Gasteiger partial charge in [-0.3, -0.25) is 14.5 Å². The van der Waals surface area contributed by atoms with Gasteiger partial charge in [0, 0.05) is 12.6 Å². The quantitative estimate of drug-likeness (QED) is 0.781. The van der Waals surface area contributed by atoms with Crippen LogP contribution in [0.4, 0.5) is 10.1 Å². The van der Waals surface area contributed by atoms with Crippen molar-refractivity contribution in [1.82, 2.24) is 9.62 Å². The first-order valence-electron chi connectivity index (χ1n) is 10.5. The molecule has 0 spiro atoms. The first kappa shape index (κ1) is 22.7. The summed E-state index contributed by atoms with van der Waals surface area (Å²) in [5.41, 5.74) is -1.59. The summed E-state index contributed by atoms with van der Waals surface area (Å²) in [6, 6.07) is 5.70. The van der Waals surface area contributed by atoms with Crippen LogP contribution in [0.5, 0.6) is 0 Å². The van der Waals surface area contributed by atoms with Crippen LogP contribution in [0.1, 0.15) is 51.9 Å². The number of amides is 2. The van der Waals surface area contributed by atoms with Crippen LogP contribution in [0.15, 0.2) is 24.3 Å². The second-order valence-corrected chi connectivity index (χ2v) is 10.5. The minimum absolute atomic E-state index is 0.0223. The zero-order chi connectivity index (χ0) is 21.9. The molecule has 2 aliphatic rings. The molecule has 1 N–H and O–H groups in total. The maximum Gasteiger partial charge on any atom is 0.247 e. The van der Waals surface area contributed by atoms with Gasteiger partial charge in [-0.25, -0.2) is 12.8 Å². The third kappa shape index (κ3) is 4.83. The van der Waals surface area contributed by atoms with Gasteiger partial charge >= 0.3 is 0 Å². The Morgan fingerprint density at radius 3 is 2.33 bits per heavy atom. The number of sulfonamides is 1. The lowest BCUT2D eigenvalue weighted by atomic mass is 9.92. The maximum atomic E-state index is 14.6. The molecule has 2 fully saturated rings. The number of anilines is 1. The highest BCUT2D eigenvalue weighted by Crippen LogP contribution is 2.32. The normalized spacial score (nSPS) is 24.9. The van der Waals surface area contributed by atoms with Gasteiger partial charge in [-0.1, -0.05) is 44.2 Å². The zero-order valence-electron chi connectivity index (χ0n) is 17.6. The molecular formula is C21H30FN3O4S. The number of benzene rings is 1. The summed E-state index contributed by atoms with van der Waals surface area (Å²) >= 11 is 0. The van der Waals surface area contributed by atoms with Gasteiger partial charge in [-0.15, -0.1) is 0 Å². The van der Waals surface area contributed by atoms with E-state index < -0.39 is 39.7 Å². The number of carbonyl (C=O) groups excluding carboxylic acids is 2. The number of hydrogen-bond donors (Lipinski definition) is 1. The predicted molar refractivity (Wildman–Crippen MR) is 113 cm³/mol. The molecule has 3 rings (SSSR count). The van der Waals surface area contributed by atoms with Crippen LogP contribution in [0.2, 0.25) is 0 Å². The van der Waals surface area contributed by atoms with Gasteiger partial charge in [0.05, 0.1) is 18.5 Å². The van der Waals surface area contributed by atoms with Crippen molar-refractivity contribution in [3.05, 3.63) is 30.1 Å². The van der Waals surface area contributed by atoms with Crippen LogP contribution in [-0.4, -0.2) is 55.5 Å². The highest BCUT2D eigenvalue weighted by atomic mass is 32.2. The monoisotopic (exact) mass is 439 g/mol. The van der Waals surface area contributed by atoms with E-state index in [9.17, 15) is 22.4 Å². The Labute approximate surface area is 177 Å². The molecule has 30 heavy (non-hydrogen) atoms. The first-order valence-corrected chi connectivity index (χ1v) is 12.3. The molecule has 1 heterocycles. The van der Waals surface area contributed by atoms with E-state index in [4.69, 9.17) is 0 Å². The Kier molecular flexibility index (Phi) is 6.81. The van der Waals surface area contributed by atoms with Crippen LogP contribution in [0.3, 0.4) is 0 Å². The van der Waals surface area contributed by atoms with E-state index in [0.717, 1.165) is 54.0 Å². The van der Waals surface area contributed by atoms with Gasteiger partial charge in [0.15, 0.2) is 0 Å². The fourth-order valence-electron chi connectivity index (χ4n) is 4.35. The van der Waals surface area contributed by atoms with Crippen LogP contribution < -0.4 is 10.2 Å². The summed E-state index contributed by atoms with van der Waals surface area (Å²) in [6.45, 7) is 0.844. The molecule has 2 amide bonds. The van der Waals surface area contributed by atoms with Crippen LogP contribution >= 0.6 is 0 Å². The van der Waals surface area contributed by atoms with Gasteiger partial charge in [-0.2, -0.15) is 4.31 Å². The van der Waals surface area contributed by atoms with E-state index >= 15 is 0 Å². The lowest BCUT2D eigenvalue weighted by Gasteiger charge is -2.47. The molecule has 1 aromatic rings. The molecule has 9 heteroatoms. The average molecular weight is 440 g/mol. The van der Waals surface area contributed by atoms with Crippen molar-refractivity contribution >= 4 is 27.5 Å². The highest BCUT2D eigenvalue weighted by molar-refractivity contribution is 7.88. The third-order valence-corrected chi connectivity index (χ3v) is 7.23. The first-order chi connectivity index (χ1) is 14.1. The molecule has 7 nitrogen and oxygen atoms in total. The molecule has 1 aromatic carbocycles. The van der Waals surface area contributed by atoms with Gasteiger partial charge in [0.25, 0.3) is 0 Å². The number of carbonyl (C=O) groups is 2. The molecule has 1 aliphatic heterocycles. The van der Waals surface area contributed by atoms with Crippen LogP contribution in [0.25, 0.3) is 0 Å². The van der Waals surface area contributed by atoms with E-state index in [2.05, 4.69) is 5.32 Å². The van der Waals surface area contributed by atoms with Crippen molar-refractivity contribution in [2.45, 2.75) is 63.5 Å². The topological polar surface area (TPSA) is 86.8 Å². The lowest BCUT2D eigenvalue weighted by Crippen LogP contribution is -2.70. The van der Waals surface area contributed by atoms with E-state index in [1.807, 2.05) is 0 Å². The fraction of sp³-hybridized carbons (Fsp3) is 0.619.